The molecule has 0 unspecified atom stereocenters. The first-order valence-corrected chi connectivity index (χ1v) is 10.1. The average Bonchev–Trinajstić information content (AvgIpc) is 2.79. The molecule has 0 saturated carbocycles. The number of hydrogen-bond acceptors (Lipinski definition) is 5. The highest BCUT2D eigenvalue weighted by atomic mass is 16.2. The smallest absolute Gasteiger partial charge is 0.254 e. The van der Waals surface area contributed by atoms with Crippen molar-refractivity contribution >= 4 is 22.7 Å². The normalized spacial score (nSPS) is 14.7. The molecule has 0 N–H and O–H groups in total. The van der Waals surface area contributed by atoms with E-state index in [1.165, 1.54) is 0 Å². The maximum Gasteiger partial charge on any atom is 0.254 e. The molecule has 0 aliphatic carbocycles. The van der Waals surface area contributed by atoms with Gasteiger partial charge in [-0.15, -0.1) is 0 Å². The summed E-state index contributed by atoms with van der Waals surface area (Å²) in [6, 6.07) is 15.2. The van der Waals surface area contributed by atoms with E-state index in [-0.39, 0.29) is 11.8 Å². The molecule has 154 valence electrons. The maximum absolute atomic E-state index is 13.4. The van der Waals surface area contributed by atoms with E-state index in [0.29, 0.717) is 44.0 Å². The van der Waals surface area contributed by atoms with Gasteiger partial charge in [-0.1, -0.05) is 24.3 Å². The lowest BCUT2D eigenvalue weighted by Crippen LogP contribution is -2.51. The van der Waals surface area contributed by atoms with Crippen LogP contribution in [0.15, 0.2) is 54.7 Å². The number of amides is 2. The molecule has 7 heteroatoms. The number of para-hydroxylation sites is 1. The zero-order valence-corrected chi connectivity index (χ0v) is 17.3. The first kappa shape index (κ1) is 20.0. The first-order valence-electron chi connectivity index (χ1n) is 10.1. The highest BCUT2D eigenvalue weighted by molar-refractivity contribution is 6.07. The number of benzene rings is 1. The summed E-state index contributed by atoms with van der Waals surface area (Å²) in [5, 5.41) is 0.840. The van der Waals surface area contributed by atoms with Crippen LogP contribution in [0, 0.1) is 0 Å². The van der Waals surface area contributed by atoms with Gasteiger partial charge in [-0.25, -0.2) is 4.98 Å². The number of hydrogen-bond donors (Lipinski definition) is 0. The van der Waals surface area contributed by atoms with E-state index in [0.717, 1.165) is 16.6 Å². The molecule has 2 aromatic heterocycles. The molecule has 1 saturated heterocycles. The molecule has 1 aliphatic heterocycles. The topological polar surface area (TPSA) is 69.6 Å². The van der Waals surface area contributed by atoms with Gasteiger partial charge in [0.05, 0.1) is 29.0 Å². The zero-order valence-electron chi connectivity index (χ0n) is 17.3. The van der Waals surface area contributed by atoms with E-state index in [2.05, 4.69) is 9.88 Å². The number of likely N-dealkylation sites (N-methyl/N-ethyl adjacent to an activating group) is 1. The highest BCUT2D eigenvalue weighted by Crippen LogP contribution is 2.25. The molecule has 0 atom stereocenters. The second-order valence-electron chi connectivity index (χ2n) is 7.64. The lowest BCUT2D eigenvalue weighted by atomic mass is 10.0. The minimum Gasteiger partial charge on any atom is -0.348 e. The molecule has 7 nitrogen and oxygen atoms in total. The quantitative estimate of drug-likeness (QED) is 0.668. The Morgan fingerprint density at radius 1 is 0.967 bits per heavy atom. The van der Waals surface area contributed by atoms with Crippen molar-refractivity contribution in [1.82, 2.24) is 24.7 Å². The van der Waals surface area contributed by atoms with Gasteiger partial charge < -0.3 is 9.80 Å². The Bertz CT molecular complexity index is 1060. The van der Waals surface area contributed by atoms with Crippen molar-refractivity contribution in [2.24, 2.45) is 0 Å². The van der Waals surface area contributed by atoms with Crippen molar-refractivity contribution in [3.8, 4) is 11.4 Å². The van der Waals surface area contributed by atoms with Gasteiger partial charge in [-0.3, -0.25) is 19.5 Å². The van der Waals surface area contributed by atoms with Gasteiger partial charge >= 0.3 is 0 Å². The molecule has 3 aromatic rings. The monoisotopic (exact) mass is 403 g/mol. The number of rotatable bonds is 4. The van der Waals surface area contributed by atoms with Crippen molar-refractivity contribution in [3.63, 3.8) is 0 Å². The lowest BCUT2D eigenvalue weighted by Gasteiger charge is -2.35. The molecular weight excluding hydrogens is 378 g/mol. The molecule has 4 rings (SSSR count). The van der Waals surface area contributed by atoms with Crippen LogP contribution in [0.3, 0.4) is 0 Å². The predicted octanol–water partition coefficient (Wildman–Crippen LogP) is 2.14. The number of carbonyl (C=O) groups is 2. The van der Waals surface area contributed by atoms with Crippen LogP contribution in [-0.4, -0.2) is 83.3 Å². The summed E-state index contributed by atoms with van der Waals surface area (Å²) < 4.78 is 0. The van der Waals surface area contributed by atoms with Crippen molar-refractivity contribution in [1.29, 1.82) is 0 Å². The van der Waals surface area contributed by atoms with Crippen molar-refractivity contribution in [2.45, 2.75) is 0 Å². The fraction of sp³-hybridized carbons (Fsp3) is 0.304. The van der Waals surface area contributed by atoms with Crippen LogP contribution < -0.4 is 0 Å². The SMILES string of the molecule is CN(C)C(=O)CN1CCN(C(=O)c2cc(-c3ccccn3)nc3ccccc23)CC1. The highest BCUT2D eigenvalue weighted by Gasteiger charge is 2.25. The van der Waals surface area contributed by atoms with Crippen molar-refractivity contribution in [3.05, 3.63) is 60.3 Å². The molecule has 30 heavy (non-hydrogen) atoms. The van der Waals surface area contributed by atoms with E-state index in [1.807, 2.05) is 53.4 Å². The van der Waals surface area contributed by atoms with Crippen LogP contribution in [-0.2, 0) is 4.79 Å². The molecule has 1 aliphatic rings. The lowest BCUT2D eigenvalue weighted by molar-refractivity contribution is -0.130. The van der Waals surface area contributed by atoms with E-state index < -0.39 is 0 Å². The van der Waals surface area contributed by atoms with Gasteiger partial charge in [0.2, 0.25) is 5.91 Å². The van der Waals surface area contributed by atoms with Crippen LogP contribution >= 0.6 is 0 Å². The fourth-order valence-electron chi connectivity index (χ4n) is 3.61. The summed E-state index contributed by atoms with van der Waals surface area (Å²) in [7, 11) is 3.52. The van der Waals surface area contributed by atoms with Gasteiger partial charge in [0.15, 0.2) is 0 Å². The zero-order chi connectivity index (χ0) is 21.1. The predicted molar refractivity (Wildman–Crippen MR) is 116 cm³/mol. The molecule has 3 heterocycles. The first-order chi connectivity index (χ1) is 14.5. The van der Waals surface area contributed by atoms with Crippen LogP contribution in [0.4, 0.5) is 0 Å². The number of piperazine rings is 1. The molecule has 0 radical (unpaired) electrons. The summed E-state index contributed by atoms with van der Waals surface area (Å²) in [6.07, 6.45) is 1.72. The van der Waals surface area contributed by atoms with E-state index in [4.69, 9.17) is 4.98 Å². The van der Waals surface area contributed by atoms with Gasteiger partial charge in [-0.05, 0) is 24.3 Å². The van der Waals surface area contributed by atoms with E-state index in [9.17, 15) is 9.59 Å². The van der Waals surface area contributed by atoms with E-state index in [1.54, 1.807) is 25.2 Å². The van der Waals surface area contributed by atoms with Crippen LogP contribution in [0.25, 0.3) is 22.3 Å². The number of pyridine rings is 2. The maximum atomic E-state index is 13.4. The Labute approximate surface area is 175 Å². The van der Waals surface area contributed by atoms with Gasteiger partial charge in [-0.2, -0.15) is 0 Å². The van der Waals surface area contributed by atoms with Gasteiger partial charge in [0.25, 0.3) is 5.91 Å². The van der Waals surface area contributed by atoms with Gasteiger partial charge in [0.1, 0.15) is 0 Å². The largest absolute Gasteiger partial charge is 0.348 e. The van der Waals surface area contributed by atoms with Gasteiger partial charge in [0, 0.05) is 51.9 Å². The minimum atomic E-state index is -0.00985. The second-order valence-corrected chi connectivity index (χ2v) is 7.64. The number of aromatic nitrogens is 2. The van der Waals surface area contributed by atoms with Crippen LogP contribution in [0.5, 0.6) is 0 Å². The number of nitrogens with zero attached hydrogens (tertiary/aromatic N) is 5. The van der Waals surface area contributed by atoms with Crippen molar-refractivity contribution < 1.29 is 9.59 Å². The number of carbonyl (C=O) groups excluding carboxylic acids is 2. The third-order valence-electron chi connectivity index (χ3n) is 5.39. The third-order valence-corrected chi connectivity index (χ3v) is 5.39. The van der Waals surface area contributed by atoms with Crippen LogP contribution in [0.1, 0.15) is 10.4 Å². The Balaban J connectivity index is 1.58. The Morgan fingerprint density at radius 2 is 1.70 bits per heavy atom. The van der Waals surface area contributed by atoms with E-state index >= 15 is 0 Å². The summed E-state index contributed by atoms with van der Waals surface area (Å²) in [6.45, 7) is 2.93. The Hall–Kier alpha value is -3.32. The van der Waals surface area contributed by atoms with Crippen LogP contribution in [0.2, 0.25) is 0 Å². The summed E-state index contributed by atoms with van der Waals surface area (Å²) in [5.74, 6) is 0.0688. The average molecular weight is 403 g/mol. The summed E-state index contributed by atoms with van der Waals surface area (Å²) >= 11 is 0. The number of fused-ring (bicyclic) bond motifs is 1. The molecule has 2 amide bonds. The summed E-state index contributed by atoms with van der Waals surface area (Å²) in [4.78, 5) is 40.0. The molecule has 0 spiro atoms. The Morgan fingerprint density at radius 3 is 2.40 bits per heavy atom. The molecule has 0 bridgehead atoms. The third kappa shape index (κ3) is 4.16. The minimum absolute atomic E-state index is 0.00985. The Kier molecular flexibility index (Phi) is 5.72. The molecule has 1 fully saturated rings. The fourth-order valence-corrected chi connectivity index (χ4v) is 3.61. The second kappa shape index (κ2) is 8.59. The summed E-state index contributed by atoms with van der Waals surface area (Å²) in [5.41, 5.74) is 2.84. The molecular formula is C23H25N5O2. The molecule has 1 aromatic carbocycles. The standard InChI is InChI=1S/C23H25N5O2/c1-26(2)22(29)16-27-11-13-28(14-12-27)23(30)18-15-21(20-9-5-6-10-24-20)25-19-8-4-3-7-17(18)19/h3-10,15H,11-14,16H2,1-2H3. The van der Waals surface area contributed by atoms with Crippen molar-refractivity contribution in [2.75, 3.05) is 46.8 Å².